The molecule has 0 bridgehead atoms. The number of halogens is 1. The van der Waals surface area contributed by atoms with Gasteiger partial charge in [0.1, 0.15) is 12.1 Å². The number of fused-ring (bicyclic) bond motifs is 2. The van der Waals surface area contributed by atoms with Crippen LogP contribution in [-0.2, 0) is 28.1 Å². The highest BCUT2D eigenvalue weighted by Gasteiger charge is 2.55. The lowest BCUT2D eigenvalue weighted by Crippen LogP contribution is -2.47. The molecule has 2 aromatic rings. The third kappa shape index (κ3) is 3.62. The Morgan fingerprint density at radius 3 is 2.69 bits per heavy atom. The van der Waals surface area contributed by atoms with Crippen LogP contribution in [-0.4, -0.2) is 40.2 Å². The number of rotatable bonds is 6. The first-order valence-corrected chi connectivity index (χ1v) is 11.9. The molecule has 4 amide bonds. The molecule has 1 heterocycles. The number of nitrogens with zero attached hydrogens (tertiary/aromatic N) is 2. The minimum Gasteiger partial charge on any atom is -0.334 e. The van der Waals surface area contributed by atoms with Gasteiger partial charge < -0.3 is 10.2 Å². The largest absolute Gasteiger partial charge is 0.334 e. The highest BCUT2D eigenvalue weighted by Crippen LogP contribution is 2.42. The molecule has 1 saturated carbocycles. The number of nitrogens with one attached hydrogen (secondary N) is 1. The lowest BCUT2D eigenvalue weighted by Gasteiger charge is -2.31. The SMILES string of the molecule is C[C@@H](C1CC1)N(Cc1ccccc1)C(=O)CN1C(=O)N[C@]2(CCc3cc(Br)ccc32)C1=O. The Bertz CT molecular complexity index is 1090. The Kier molecular flexibility index (Phi) is 5.32. The van der Waals surface area contributed by atoms with E-state index in [-0.39, 0.29) is 24.4 Å². The number of carbonyl (C=O) groups is 3. The molecule has 1 aliphatic heterocycles. The smallest absolute Gasteiger partial charge is 0.325 e. The molecule has 32 heavy (non-hydrogen) atoms. The van der Waals surface area contributed by atoms with Crippen LogP contribution >= 0.6 is 15.9 Å². The topological polar surface area (TPSA) is 69.7 Å². The highest BCUT2D eigenvalue weighted by molar-refractivity contribution is 9.10. The summed E-state index contributed by atoms with van der Waals surface area (Å²) in [6, 6.07) is 15.2. The van der Waals surface area contributed by atoms with Gasteiger partial charge in [-0.3, -0.25) is 14.5 Å². The fourth-order valence-corrected chi connectivity index (χ4v) is 5.47. The van der Waals surface area contributed by atoms with Crippen molar-refractivity contribution in [1.29, 1.82) is 0 Å². The maximum absolute atomic E-state index is 13.5. The second-order valence-corrected chi connectivity index (χ2v) is 10.0. The van der Waals surface area contributed by atoms with E-state index in [1.165, 1.54) is 0 Å². The molecule has 2 aliphatic carbocycles. The van der Waals surface area contributed by atoms with Gasteiger partial charge in [0.15, 0.2) is 0 Å². The first-order valence-electron chi connectivity index (χ1n) is 11.2. The van der Waals surface area contributed by atoms with Crippen molar-refractivity contribution in [2.75, 3.05) is 6.54 Å². The second kappa shape index (κ2) is 8.03. The lowest BCUT2D eigenvalue weighted by molar-refractivity contribution is -0.141. The van der Waals surface area contributed by atoms with Crippen molar-refractivity contribution in [2.45, 2.75) is 50.7 Å². The molecule has 2 fully saturated rings. The van der Waals surface area contributed by atoms with Gasteiger partial charge in [-0.1, -0.05) is 52.3 Å². The molecule has 0 aromatic heterocycles. The van der Waals surface area contributed by atoms with E-state index in [1.54, 1.807) is 0 Å². The van der Waals surface area contributed by atoms with Crippen molar-refractivity contribution in [2.24, 2.45) is 5.92 Å². The van der Waals surface area contributed by atoms with Gasteiger partial charge in [-0.2, -0.15) is 0 Å². The summed E-state index contributed by atoms with van der Waals surface area (Å²) >= 11 is 3.47. The van der Waals surface area contributed by atoms with Crippen molar-refractivity contribution in [1.82, 2.24) is 15.1 Å². The van der Waals surface area contributed by atoms with Crippen molar-refractivity contribution >= 4 is 33.8 Å². The van der Waals surface area contributed by atoms with Gasteiger partial charge >= 0.3 is 6.03 Å². The Morgan fingerprint density at radius 2 is 1.97 bits per heavy atom. The summed E-state index contributed by atoms with van der Waals surface area (Å²) in [5.41, 5.74) is 1.87. The Labute approximate surface area is 196 Å². The predicted molar refractivity (Wildman–Crippen MR) is 124 cm³/mol. The number of aryl methyl sites for hydroxylation is 1. The van der Waals surface area contributed by atoms with E-state index in [9.17, 15) is 14.4 Å². The van der Waals surface area contributed by atoms with Gasteiger partial charge in [0.05, 0.1) is 0 Å². The zero-order valence-corrected chi connectivity index (χ0v) is 19.6. The second-order valence-electron chi connectivity index (χ2n) is 9.11. The zero-order chi connectivity index (χ0) is 22.5. The molecular formula is C25H26BrN3O3. The van der Waals surface area contributed by atoms with Crippen LogP contribution in [0, 0.1) is 5.92 Å². The summed E-state index contributed by atoms with van der Waals surface area (Å²) in [4.78, 5) is 42.7. The average Bonchev–Trinajstić information content (AvgIpc) is 3.54. The average molecular weight is 496 g/mol. The van der Waals surface area contributed by atoms with Gasteiger partial charge in [0, 0.05) is 17.1 Å². The fraction of sp³-hybridized carbons (Fsp3) is 0.400. The van der Waals surface area contributed by atoms with E-state index in [2.05, 4.69) is 28.2 Å². The molecule has 0 radical (unpaired) electrons. The lowest BCUT2D eigenvalue weighted by atomic mass is 9.92. The van der Waals surface area contributed by atoms with Crippen LogP contribution in [0.5, 0.6) is 0 Å². The van der Waals surface area contributed by atoms with Crippen molar-refractivity contribution in [3.63, 3.8) is 0 Å². The van der Waals surface area contributed by atoms with E-state index >= 15 is 0 Å². The standard InChI is InChI=1S/C25H26BrN3O3/c1-16(18-7-8-18)28(14-17-5-3-2-4-6-17)22(30)15-29-23(31)25(27-24(29)32)12-11-19-13-20(26)9-10-21(19)25/h2-6,9-10,13,16,18H,7-8,11-12,14-15H2,1H3,(H,27,32)/t16-,25-/m0/s1. The summed E-state index contributed by atoms with van der Waals surface area (Å²) in [5.74, 6) is -0.0317. The predicted octanol–water partition coefficient (Wildman–Crippen LogP) is 3.97. The molecule has 2 aromatic carbocycles. The molecule has 1 N–H and O–H groups in total. The minimum absolute atomic E-state index is 0.0713. The monoisotopic (exact) mass is 495 g/mol. The number of hydrogen-bond donors (Lipinski definition) is 1. The van der Waals surface area contributed by atoms with Gasteiger partial charge in [-0.15, -0.1) is 0 Å². The Hall–Kier alpha value is -2.67. The minimum atomic E-state index is -1.06. The first kappa shape index (κ1) is 21.2. The van der Waals surface area contributed by atoms with Gasteiger partial charge in [0.25, 0.3) is 5.91 Å². The van der Waals surface area contributed by atoms with Crippen molar-refractivity contribution < 1.29 is 14.4 Å². The van der Waals surface area contributed by atoms with Crippen LogP contribution in [0.2, 0.25) is 0 Å². The zero-order valence-electron chi connectivity index (χ0n) is 18.0. The summed E-state index contributed by atoms with van der Waals surface area (Å²) < 4.78 is 0.947. The summed E-state index contributed by atoms with van der Waals surface area (Å²) in [6.07, 6.45) is 3.44. The number of benzene rings is 2. The van der Waals surface area contributed by atoms with Crippen LogP contribution in [0.4, 0.5) is 4.79 Å². The third-order valence-corrected chi connectivity index (χ3v) is 7.57. The molecular weight excluding hydrogens is 470 g/mol. The maximum Gasteiger partial charge on any atom is 0.325 e. The number of hydrogen-bond acceptors (Lipinski definition) is 3. The first-order chi connectivity index (χ1) is 15.4. The van der Waals surface area contributed by atoms with E-state index in [4.69, 9.17) is 0 Å². The number of amides is 4. The molecule has 5 rings (SSSR count). The summed E-state index contributed by atoms with van der Waals surface area (Å²) in [6.45, 7) is 2.31. The van der Waals surface area contributed by atoms with Gasteiger partial charge in [0.2, 0.25) is 5.91 Å². The number of imide groups is 1. The number of urea groups is 1. The van der Waals surface area contributed by atoms with Crippen LogP contribution in [0.15, 0.2) is 53.0 Å². The van der Waals surface area contributed by atoms with Gasteiger partial charge in [-0.05, 0) is 67.3 Å². The van der Waals surface area contributed by atoms with Crippen molar-refractivity contribution in [3.05, 3.63) is 69.7 Å². The third-order valence-electron chi connectivity index (χ3n) is 7.08. The molecule has 1 spiro atoms. The van der Waals surface area contributed by atoms with E-state index in [1.807, 2.05) is 53.4 Å². The summed E-state index contributed by atoms with van der Waals surface area (Å²) in [7, 11) is 0. The normalized spacial score (nSPS) is 22.8. The van der Waals surface area contributed by atoms with E-state index in [0.717, 1.165) is 38.9 Å². The Balaban J connectivity index is 1.37. The van der Waals surface area contributed by atoms with Crippen LogP contribution in [0.3, 0.4) is 0 Å². The van der Waals surface area contributed by atoms with Crippen molar-refractivity contribution in [3.8, 4) is 0 Å². The molecule has 6 nitrogen and oxygen atoms in total. The Morgan fingerprint density at radius 1 is 1.22 bits per heavy atom. The number of carbonyl (C=O) groups excluding carboxylic acids is 3. The molecule has 1 saturated heterocycles. The highest BCUT2D eigenvalue weighted by atomic mass is 79.9. The van der Waals surface area contributed by atoms with Crippen LogP contribution in [0.25, 0.3) is 0 Å². The van der Waals surface area contributed by atoms with Crippen LogP contribution < -0.4 is 5.32 Å². The molecule has 3 aliphatic rings. The quantitative estimate of drug-likeness (QED) is 0.616. The summed E-state index contributed by atoms with van der Waals surface area (Å²) in [5, 5.41) is 2.91. The fourth-order valence-electron chi connectivity index (χ4n) is 5.06. The molecule has 0 unspecified atom stereocenters. The molecule has 2 atom stereocenters. The van der Waals surface area contributed by atoms with E-state index < -0.39 is 11.6 Å². The van der Waals surface area contributed by atoms with E-state index in [0.29, 0.717) is 25.3 Å². The maximum atomic E-state index is 13.5. The van der Waals surface area contributed by atoms with Crippen LogP contribution in [0.1, 0.15) is 42.9 Å². The molecule has 166 valence electrons. The molecule has 7 heteroatoms. The van der Waals surface area contributed by atoms with Gasteiger partial charge in [-0.25, -0.2) is 4.79 Å².